The Morgan fingerprint density at radius 2 is 1.88 bits per heavy atom. The first-order chi connectivity index (χ1) is 20.4. The molecule has 0 saturated carbocycles. The summed E-state index contributed by atoms with van der Waals surface area (Å²) in [5.41, 5.74) is 5.58. The first kappa shape index (κ1) is 32.8. The van der Waals surface area contributed by atoms with Crippen molar-refractivity contribution in [3.8, 4) is 0 Å². The maximum atomic E-state index is 13.3. The first-order valence-corrected chi connectivity index (χ1v) is 13.9. The Kier molecular flexibility index (Phi) is 11.4. The third-order valence-corrected chi connectivity index (χ3v) is 6.51. The van der Waals surface area contributed by atoms with Crippen LogP contribution < -0.4 is 10.2 Å². The number of nitrogens with one attached hydrogen (secondary N) is 2. The summed E-state index contributed by atoms with van der Waals surface area (Å²) in [6.45, 7) is 13.8. The highest BCUT2D eigenvalue weighted by atomic mass is 19.4. The molecule has 4 rings (SSSR count). The second-order valence-electron chi connectivity index (χ2n) is 10.2. The van der Waals surface area contributed by atoms with E-state index in [1.807, 2.05) is 93.5 Å². The van der Waals surface area contributed by atoms with Gasteiger partial charge in [0.25, 0.3) is 0 Å². The average Bonchev–Trinajstić information content (AvgIpc) is 3.45. The van der Waals surface area contributed by atoms with Crippen LogP contribution in [0.15, 0.2) is 107 Å². The molecule has 2 aliphatic heterocycles. The highest BCUT2D eigenvalue weighted by Gasteiger charge is 2.31. The van der Waals surface area contributed by atoms with Crippen LogP contribution in [0.4, 0.5) is 24.5 Å². The van der Waals surface area contributed by atoms with Gasteiger partial charge in [0, 0.05) is 53.7 Å². The number of aryl methyl sites for hydroxylation is 1. The highest BCUT2D eigenvalue weighted by Crippen LogP contribution is 2.34. The lowest BCUT2D eigenvalue weighted by Crippen LogP contribution is -2.33. The largest absolute Gasteiger partial charge is 0.416 e. The lowest BCUT2D eigenvalue weighted by molar-refractivity contribution is -0.137. The quantitative estimate of drug-likeness (QED) is 0.193. The number of fused-ring (bicyclic) bond motifs is 1. The Morgan fingerprint density at radius 1 is 1.12 bits per heavy atom. The van der Waals surface area contributed by atoms with Crippen LogP contribution >= 0.6 is 0 Å². The molecule has 0 amide bonds. The van der Waals surface area contributed by atoms with Crippen molar-refractivity contribution in [3.05, 3.63) is 119 Å². The minimum Gasteiger partial charge on any atom is -0.355 e. The van der Waals surface area contributed by atoms with Crippen LogP contribution in [0, 0.1) is 12.3 Å². The van der Waals surface area contributed by atoms with Gasteiger partial charge >= 0.3 is 6.18 Å². The van der Waals surface area contributed by atoms with Gasteiger partial charge in [-0.15, -0.1) is 0 Å². The molecule has 2 aliphatic rings. The number of benzene rings is 2. The van der Waals surface area contributed by atoms with Crippen LogP contribution in [-0.2, 0) is 6.18 Å². The predicted molar refractivity (Wildman–Crippen MR) is 177 cm³/mol. The smallest absolute Gasteiger partial charge is 0.355 e. The van der Waals surface area contributed by atoms with Gasteiger partial charge in [0.2, 0.25) is 0 Å². The summed E-state index contributed by atoms with van der Waals surface area (Å²) in [4.78, 5) is 10.3. The van der Waals surface area contributed by atoms with Crippen molar-refractivity contribution < 1.29 is 13.2 Å². The van der Waals surface area contributed by atoms with Crippen molar-refractivity contribution in [1.29, 1.82) is 5.41 Å². The molecule has 0 aliphatic carbocycles. The Hall–Kier alpha value is -4.72. The molecule has 2 aromatic rings. The maximum Gasteiger partial charge on any atom is 0.416 e. The number of halogens is 3. The molecule has 43 heavy (non-hydrogen) atoms. The number of nitrogens with zero attached hydrogens (tertiary/aromatic N) is 3. The van der Waals surface area contributed by atoms with E-state index in [1.165, 1.54) is 0 Å². The van der Waals surface area contributed by atoms with Gasteiger partial charge in [0.05, 0.1) is 11.3 Å². The third kappa shape index (κ3) is 9.67. The number of anilines is 2. The number of allylic oxidation sites excluding steroid dienone is 6. The molecule has 0 saturated heterocycles. The number of hydrogen-bond donors (Lipinski definition) is 2. The summed E-state index contributed by atoms with van der Waals surface area (Å²) in [5, 5.41) is 11.9. The fourth-order valence-electron chi connectivity index (χ4n) is 4.25. The molecular formula is C35H38F3N5. The van der Waals surface area contributed by atoms with E-state index in [1.54, 1.807) is 19.2 Å². The van der Waals surface area contributed by atoms with E-state index < -0.39 is 11.7 Å². The predicted octanol–water partition coefficient (Wildman–Crippen LogP) is 9.77. The van der Waals surface area contributed by atoms with Crippen LogP contribution in [0.5, 0.6) is 0 Å². The molecule has 0 atom stereocenters. The van der Waals surface area contributed by atoms with E-state index in [2.05, 4.69) is 28.0 Å². The molecule has 2 aromatic carbocycles. The minimum absolute atomic E-state index is 0.309. The zero-order valence-electron chi connectivity index (χ0n) is 25.3. The second kappa shape index (κ2) is 15.0. The van der Waals surface area contributed by atoms with Crippen molar-refractivity contribution in [2.45, 2.75) is 47.2 Å². The molecular weight excluding hydrogens is 547 g/mol. The zero-order valence-corrected chi connectivity index (χ0v) is 25.3. The van der Waals surface area contributed by atoms with Crippen molar-refractivity contribution in [2.24, 2.45) is 9.98 Å². The molecule has 8 heteroatoms. The Balaban J connectivity index is 0.000000749. The number of rotatable bonds is 7. The van der Waals surface area contributed by atoms with E-state index in [-0.39, 0.29) is 0 Å². The Morgan fingerprint density at radius 3 is 2.51 bits per heavy atom. The monoisotopic (exact) mass is 585 g/mol. The summed E-state index contributed by atoms with van der Waals surface area (Å²) in [6.07, 6.45) is 13.9. The van der Waals surface area contributed by atoms with E-state index in [0.29, 0.717) is 40.5 Å². The first-order valence-electron chi connectivity index (χ1n) is 13.9. The molecule has 0 unspecified atom stereocenters. The Labute approximate surface area is 252 Å². The molecule has 2 N–H and O–H groups in total. The van der Waals surface area contributed by atoms with Crippen LogP contribution in [0.2, 0.25) is 0 Å². The summed E-state index contributed by atoms with van der Waals surface area (Å²) in [6, 6.07) is 9.50. The van der Waals surface area contributed by atoms with Gasteiger partial charge in [0.15, 0.2) is 0 Å². The average molecular weight is 586 g/mol. The highest BCUT2D eigenvalue weighted by molar-refractivity contribution is 6.09. The van der Waals surface area contributed by atoms with Crippen molar-refractivity contribution >= 4 is 40.9 Å². The van der Waals surface area contributed by atoms with Crippen LogP contribution in [0.1, 0.15) is 56.4 Å². The Bertz CT molecular complexity index is 1560. The third-order valence-electron chi connectivity index (χ3n) is 6.51. The fourth-order valence-corrected chi connectivity index (χ4v) is 4.25. The maximum absolute atomic E-state index is 13.3. The van der Waals surface area contributed by atoms with Gasteiger partial charge in [-0.05, 0) is 87.7 Å². The van der Waals surface area contributed by atoms with Crippen molar-refractivity contribution in [2.75, 3.05) is 16.8 Å². The molecule has 0 spiro atoms. The van der Waals surface area contributed by atoms with Gasteiger partial charge in [0.1, 0.15) is 5.84 Å². The molecule has 224 valence electrons. The molecule has 0 radical (unpaired) electrons. The van der Waals surface area contributed by atoms with E-state index in [9.17, 15) is 13.2 Å². The van der Waals surface area contributed by atoms with Crippen molar-refractivity contribution in [3.63, 3.8) is 0 Å². The topological polar surface area (TPSA) is 63.8 Å². The molecule has 0 bridgehead atoms. The SMILES string of the molecule is C=C(Nc1ccc2c(c1)N(C(=N)/C(C)=C/N=C(C)/C=C\C=C/C)CC=C2)c1cc(C)cc(C(F)(F)F)c1.CC1=CCC=N1. The minimum atomic E-state index is -4.43. The number of alkyl halides is 3. The second-order valence-corrected chi connectivity index (χ2v) is 10.2. The number of aliphatic imine (C=N–C) groups is 2. The molecule has 5 nitrogen and oxygen atoms in total. The number of hydrogen-bond acceptors (Lipinski definition) is 4. The summed E-state index contributed by atoms with van der Waals surface area (Å²) in [7, 11) is 0. The summed E-state index contributed by atoms with van der Waals surface area (Å²) < 4.78 is 39.8. The zero-order chi connectivity index (χ0) is 31.6. The summed E-state index contributed by atoms with van der Waals surface area (Å²) >= 11 is 0. The van der Waals surface area contributed by atoms with Gasteiger partial charge in [-0.2, -0.15) is 13.2 Å². The summed E-state index contributed by atoms with van der Waals surface area (Å²) in [5.74, 6) is 0.309. The van der Waals surface area contributed by atoms with Gasteiger partial charge in [-0.25, -0.2) is 0 Å². The number of amidine groups is 1. The van der Waals surface area contributed by atoms with Crippen LogP contribution in [0.3, 0.4) is 0 Å². The molecule has 0 fully saturated rings. The standard InChI is InChI=1S/C30H31F3N4.C5H7N/c1-6-7-8-10-22(4)35-19-21(3)29(34)37-14-9-11-24-12-13-27(18-28(24)37)36-23(5)25-15-20(2)16-26(17-25)30(31,32)33;1-5-3-2-4-6-5/h6-13,15-19,34,36H,5,14H2,1-4H3;3-4H,2H2,1H3/b7-6-,10-8-,21-19+,34-29?,35-22+;. The normalized spacial score (nSPS) is 15.0. The van der Waals surface area contributed by atoms with E-state index in [4.69, 9.17) is 5.41 Å². The fraction of sp³-hybridized carbons (Fsp3) is 0.229. The van der Waals surface area contributed by atoms with Gasteiger partial charge < -0.3 is 10.2 Å². The van der Waals surface area contributed by atoms with E-state index >= 15 is 0 Å². The lowest BCUT2D eigenvalue weighted by Gasteiger charge is -2.29. The van der Waals surface area contributed by atoms with E-state index in [0.717, 1.165) is 41.2 Å². The van der Waals surface area contributed by atoms with Crippen molar-refractivity contribution in [1.82, 2.24) is 0 Å². The van der Waals surface area contributed by atoms with Crippen LogP contribution in [-0.4, -0.2) is 24.3 Å². The molecule has 0 aromatic heterocycles. The van der Waals surface area contributed by atoms with Crippen LogP contribution in [0.25, 0.3) is 11.8 Å². The molecule has 2 heterocycles. The van der Waals surface area contributed by atoms with Gasteiger partial charge in [-0.1, -0.05) is 49.1 Å². The lowest BCUT2D eigenvalue weighted by atomic mass is 10.0. The van der Waals surface area contributed by atoms with Gasteiger partial charge in [-0.3, -0.25) is 15.4 Å².